The summed E-state index contributed by atoms with van der Waals surface area (Å²) in [6.07, 6.45) is 1.59. The van der Waals surface area contributed by atoms with Crippen LogP contribution in [-0.2, 0) is 6.54 Å². The van der Waals surface area contributed by atoms with Gasteiger partial charge in [-0.1, -0.05) is 30.3 Å². The van der Waals surface area contributed by atoms with Crippen molar-refractivity contribution < 1.29 is 9.53 Å². The first-order valence-corrected chi connectivity index (χ1v) is 8.19. The summed E-state index contributed by atoms with van der Waals surface area (Å²) in [5, 5.41) is 9.54. The van der Waals surface area contributed by atoms with Crippen molar-refractivity contribution in [2.75, 3.05) is 26.7 Å². The fourth-order valence-electron chi connectivity index (χ4n) is 3.02. The fraction of sp³-hybridized carbons (Fsp3) is 0.316. The number of ether oxygens (including phenoxy) is 1. The smallest absolute Gasteiger partial charge is 0.259 e. The molecule has 0 aliphatic carbocycles. The van der Waals surface area contributed by atoms with Crippen LogP contribution in [0.2, 0.25) is 0 Å². The first-order valence-electron chi connectivity index (χ1n) is 8.19. The maximum absolute atomic E-state index is 12.8. The lowest BCUT2D eigenvalue weighted by molar-refractivity contribution is 0.0548. The van der Waals surface area contributed by atoms with Gasteiger partial charge in [-0.05, 0) is 17.7 Å². The van der Waals surface area contributed by atoms with E-state index in [1.807, 2.05) is 30.3 Å². The molecule has 25 heavy (non-hydrogen) atoms. The number of nitrogens with zero attached hydrogens (tertiary/aromatic N) is 4. The molecule has 2 heterocycles. The molecule has 3 rings (SSSR count). The minimum Gasteiger partial charge on any atom is -0.480 e. The van der Waals surface area contributed by atoms with Crippen molar-refractivity contribution in [2.24, 2.45) is 0 Å². The van der Waals surface area contributed by atoms with Crippen molar-refractivity contribution in [3.05, 3.63) is 59.8 Å². The van der Waals surface area contributed by atoms with Crippen LogP contribution in [0.1, 0.15) is 15.9 Å². The summed E-state index contributed by atoms with van der Waals surface area (Å²) in [7, 11) is 1.50. The van der Waals surface area contributed by atoms with Crippen LogP contribution in [0.4, 0.5) is 0 Å². The zero-order valence-electron chi connectivity index (χ0n) is 14.1. The topological polar surface area (TPSA) is 69.5 Å². The fourth-order valence-corrected chi connectivity index (χ4v) is 3.02. The minimum absolute atomic E-state index is 0.149. The number of amides is 1. The van der Waals surface area contributed by atoms with Gasteiger partial charge in [-0.15, -0.1) is 0 Å². The SMILES string of the molecule is COc1ncccc1C(=O)N1CCN(Cc2ccccc2)C(C#N)C1. The van der Waals surface area contributed by atoms with Crippen molar-refractivity contribution in [3.63, 3.8) is 0 Å². The maximum Gasteiger partial charge on any atom is 0.259 e. The van der Waals surface area contributed by atoms with Gasteiger partial charge in [0, 0.05) is 32.4 Å². The second-order valence-corrected chi connectivity index (χ2v) is 5.91. The lowest BCUT2D eigenvalue weighted by Crippen LogP contribution is -2.53. The Kier molecular flexibility index (Phi) is 5.26. The second-order valence-electron chi connectivity index (χ2n) is 5.91. The number of hydrogen-bond acceptors (Lipinski definition) is 5. The van der Waals surface area contributed by atoms with Crippen molar-refractivity contribution in [2.45, 2.75) is 12.6 Å². The molecule has 6 heteroatoms. The van der Waals surface area contributed by atoms with Gasteiger partial charge >= 0.3 is 0 Å². The largest absolute Gasteiger partial charge is 0.480 e. The molecule has 0 bridgehead atoms. The molecule has 0 saturated carbocycles. The number of aromatic nitrogens is 1. The van der Waals surface area contributed by atoms with Crippen LogP contribution in [-0.4, -0.2) is 53.5 Å². The average Bonchev–Trinajstić information content (AvgIpc) is 2.68. The molecule has 0 N–H and O–H groups in total. The molecule has 1 atom stereocenters. The summed E-state index contributed by atoms with van der Waals surface area (Å²) in [4.78, 5) is 20.7. The Morgan fingerprint density at radius 3 is 2.80 bits per heavy atom. The van der Waals surface area contributed by atoms with Crippen LogP contribution in [0.15, 0.2) is 48.7 Å². The van der Waals surface area contributed by atoms with E-state index in [9.17, 15) is 10.1 Å². The molecule has 128 valence electrons. The van der Waals surface area contributed by atoms with Crippen molar-refractivity contribution >= 4 is 5.91 Å². The Labute approximate surface area is 147 Å². The Balaban J connectivity index is 1.71. The van der Waals surface area contributed by atoms with E-state index in [1.165, 1.54) is 7.11 Å². The molecule has 1 aliphatic heterocycles. The monoisotopic (exact) mass is 336 g/mol. The maximum atomic E-state index is 12.8. The third-order valence-corrected chi connectivity index (χ3v) is 4.35. The molecule has 1 aromatic heterocycles. The Hall–Kier alpha value is -2.91. The number of piperazine rings is 1. The highest BCUT2D eigenvalue weighted by Crippen LogP contribution is 2.20. The number of nitriles is 1. The van der Waals surface area contributed by atoms with E-state index >= 15 is 0 Å². The number of carbonyl (C=O) groups excluding carboxylic acids is 1. The first kappa shape index (κ1) is 16.9. The van der Waals surface area contributed by atoms with Gasteiger partial charge in [-0.25, -0.2) is 4.98 Å². The summed E-state index contributed by atoms with van der Waals surface area (Å²) in [5.41, 5.74) is 1.59. The number of rotatable bonds is 4. The molecule has 2 aromatic rings. The van der Waals surface area contributed by atoms with Crippen LogP contribution in [0.25, 0.3) is 0 Å². The average molecular weight is 336 g/mol. The number of pyridine rings is 1. The lowest BCUT2D eigenvalue weighted by Gasteiger charge is -2.38. The molecule has 1 unspecified atom stereocenters. The zero-order valence-corrected chi connectivity index (χ0v) is 14.1. The molecule has 0 spiro atoms. The number of methoxy groups -OCH3 is 1. The van der Waals surface area contributed by atoms with E-state index in [0.29, 0.717) is 37.6 Å². The van der Waals surface area contributed by atoms with E-state index in [0.717, 1.165) is 5.56 Å². The van der Waals surface area contributed by atoms with Gasteiger partial charge in [0.05, 0.1) is 13.2 Å². The predicted molar refractivity (Wildman–Crippen MR) is 92.9 cm³/mol. The third-order valence-electron chi connectivity index (χ3n) is 4.35. The summed E-state index contributed by atoms with van der Waals surface area (Å²) < 4.78 is 5.18. The highest BCUT2D eigenvalue weighted by molar-refractivity contribution is 5.96. The van der Waals surface area contributed by atoms with Gasteiger partial charge in [0.25, 0.3) is 5.91 Å². The lowest BCUT2D eigenvalue weighted by atomic mass is 10.1. The van der Waals surface area contributed by atoms with E-state index in [1.54, 1.807) is 23.2 Å². The Bertz CT molecular complexity index is 772. The Morgan fingerprint density at radius 2 is 2.08 bits per heavy atom. The van der Waals surface area contributed by atoms with Crippen molar-refractivity contribution in [1.82, 2.24) is 14.8 Å². The van der Waals surface area contributed by atoms with Gasteiger partial charge in [0.2, 0.25) is 5.88 Å². The molecule has 1 aliphatic rings. The van der Waals surface area contributed by atoms with Gasteiger partial charge in [-0.3, -0.25) is 9.69 Å². The quantitative estimate of drug-likeness (QED) is 0.853. The van der Waals surface area contributed by atoms with Crippen molar-refractivity contribution in [3.8, 4) is 11.9 Å². The molecular formula is C19H20N4O2. The molecule has 1 saturated heterocycles. The molecule has 1 amide bonds. The van der Waals surface area contributed by atoms with E-state index in [4.69, 9.17) is 4.74 Å². The number of carbonyl (C=O) groups is 1. The molecule has 0 radical (unpaired) electrons. The standard InChI is InChI=1S/C19H20N4O2/c1-25-18-17(8-5-9-21-18)19(24)23-11-10-22(16(12-20)14-23)13-15-6-3-2-4-7-15/h2-9,16H,10-11,13-14H2,1H3. The minimum atomic E-state index is -0.333. The van der Waals surface area contributed by atoms with E-state index in [2.05, 4.69) is 16.0 Å². The molecule has 1 fully saturated rings. The molecule has 1 aromatic carbocycles. The first-order chi connectivity index (χ1) is 12.2. The Morgan fingerprint density at radius 1 is 1.28 bits per heavy atom. The summed E-state index contributed by atoms with van der Waals surface area (Å²) >= 11 is 0. The summed E-state index contributed by atoms with van der Waals surface area (Å²) in [6, 6.07) is 15.5. The third kappa shape index (κ3) is 3.78. The van der Waals surface area contributed by atoms with Gasteiger partial charge in [0.15, 0.2) is 0 Å². The number of benzene rings is 1. The summed E-state index contributed by atoms with van der Waals surface area (Å²) in [6.45, 7) is 2.31. The predicted octanol–water partition coefficient (Wildman–Crippen LogP) is 1.94. The normalized spacial score (nSPS) is 17.8. The number of hydrogen-bond donors (Lipinski definition) is 0. The van der Waals surface area contributed by atoms with E-state index < -0.39 is 0 Å². The zero-order chi connectivity index (χ0) is 17.6. The van der Waals surface area contributed by atoms with Crippen LogP contribution >= 0.6 is 0 Å². The van der Waals surface area contributed by atoms with Crippen LogP contribution in [0.5, 0.6) is 5.88 Å². The highest BCUT2D eigenvalue weighted by Gasteiger charge is 2.31. The van der Waals surface area contributed by atoms with Crippen molar-refractivity contribution in [1.29, 1.82) is 5.26 Å². The second kappa shape index (κ2) is 7.77. The molecule has 6 nitrogen and oxygen atoms in total. The van der Waals surface area contributed by atoms with Gasteiger partial charge < -0.3 is 9.64 Å². The van der Waals surface area contributed by atoms with Crippen LogP contribution in [0, 0.1) is 11.3 Å². The molecular weight excluding hydrogens is 316 g/mol. The van der Waals surface area contributed by atoms with Crippen LogP contribution < -0.4 is 4.74 Å². The van der Waals surface area contributed by atoms with Gasteiger partial charge in [-0.2, -0.15) is 5.26 Å². The van der Waals surface area contributed by atoms with Gasteiger partial charge in [0.1, 0.15) is 11.6 Å². The highest BCUT2D eigenvalue weighted by atomic mass is 16.5. The van der Waals surface area contributed by atoms with E-state index in [-0.39, 0.29) is 11.9 Å². The summed E-state index contributed by atoms with van der Waals surface area (Å²) in [5.74, 6) is 0.164. The van der Waals surface area contributed by atoms with Crippen LogP contribution in [0.3, 0.4) is 0 Å².